The Hall–Kier alpha value is -4.56. The van der Waals surface area contributed by atoms with E-state index in [1.54, 1.807) is 35.6 Å². The average Bonchev–Trinajstić information content (AvgIpc) is 3.62. The van der Waals surface area contributed by atoms with Crippen molar-refractivity contribution in [3.05, 3.63) is 102 Å². The van der Waals surface area contributed by atoms with Crippen molar-refractivity contribution >= 4 is 27.9 Å². The monoisotopic (exact) mass is 477 g/mol. The van der Waals surface area contributed by atoms with E-state index in [-0.39, 0.29) is 5.91 Å². The van der Waals surface area contributed by atoms with Crippen molar-refractivity contribution in [2.75, 3.05) is 5.32 Å². The van der Waals surface area contributed by atoms with Crippen LogP contribution in [0.25, 0.3) is 39.1 Å². The van der Waals surface area contributed by atoms with Gasteiger partial charge in [-0.1, -0.05) is 29.8 Å². The summed E-state index contributed by atoms with van der Waals surface area (Å²) in [5, 5.41) is 13.2. The molecule has 0 saturated heterocycles. The Morgan fingerprint density at radius 1 is 0.857 bits per heavy atom. The summed E-state index contributed by atoms with van der Waals surface area (Å²) in [6, 6.07) is 22.6. The number of benzene rings is 3. The predicted molar refractivity (Wildman–Crippen MR) is 136 cm³/mol. The molecular weight excluding hydrogens is 458 g/mol. The number of nitrogens with one attached hydrogen (secondary N) is 1. The lowest BCUT2D eigenvalue weighted by atomic mass is 10.1. The number of fused-ring (bicyclic) bond motifs is 1. The molecule has 3 aromatic heterocycles. The van der Waals surface area contributed by atoms with Gasteiger partial charge in [0, 0.05) is 45.7 Å². The second-order valence-corrected chi connectivity index (χ2v) is 8.98. The van der Waals surface area contributed by atoms with Gasteiger partial charge in [-0.3, -0.25) is 9.20 Å². The highest BCUT2D eigenvalue weighted by atomic mass is 32.1. The third-order valence-corrected chi connectivity index (χ3v) is 6.42. The van der Waals surface area contributed by atoms with Crippen molar-refractivity contribution in [3.63, 3.8) is 0 Å². The Balaban J connectivity index is 1.13. The van der Waals surface area contributed by atoms with E-state index in [1.165, 1.54) is 0 Å². The molecule has 0 aliphatic rings. The molecule has 6 rings (SSSR count). The summed E-state index contributed by atoms with van der Waals surface area (Å²) in [5.41, 5.74) is 5.91. The number of hydrogen-bond donors (Lipinski definition) is 1. The quantitative estimate of drug-likeness (QED) is 0.313. The van der Waals surface area contributed by atoms with Gasteiger partial charge in [0.2, 0.25) is 11.8 Å². The number of amides is 1. The van der Waals surface area contributed by atoms with Crippen LogP contribution in [0, 0.1) is 6.92 Å². The van der Waals surface area contributed by atoms with Crippen LogP contribution in [0.3, 0.4) is 0 Å². The van der Waals surface area contributed by atoms with Gasteiger partial charge < -0.3 is 9.73 Å². The first-order valence-corrected chi connectivity index (χ1v) is 11.9. The van der Waals surface area contributed by atoms with Crippen LogP contribution in [0.2, 0.25) is 0 Å². The molecule has 1 N–H and O–H groups in total. The fourth-order valence-corrected chi connectivity index (χ4v) is 4.41. The van der Waals surface area contributed by atoms with Crippen LogP contribution in [0.5, 0.6) is 0 Å². The van der Waals surface area contributed by atoms with Crippen molar-refractivity contribution in [1.29, 1.82) is 0 Å². The van der Waals surface area contributed by atoms with E-state index in [4.69, 9.17) is 4.42 Å². The molecule has 0 bridgehead atoms. The van der Waals surface area contributed by atoms with E-state index in [2.05, 4.69) is 20.5 Å². The van der Waals surface area contributed by atoms with Gasteiger partial charge in [-0.25, -0.2) is 4.98 Å². The molecule has 3 aromatic carbocycles. The first-order valence-electron chi connectivity index (χ1n) is 11.0. The maximum atomic E-state index is 12.7. The molecule has 0 aliphatic carbocycles. The van der Waals surface area contributed by atoms with Gasteiger partial charge in [0.1, 0.15) is 0 Å². The summed E-state index contributed by atoms with van der Waals surface area (Å²) in [7, 11) is 0. The molecular formula is C27H19N5O2S. The second-order valence-electron chi connectivity index (χ2n) is 8.11. The third-order valence-electron chi connectivity index (χ3n) is 5.65. The Bertz CT molecular complexity index is 1600. The summed E-state index contributed by atoms with van der Waals surface area (Å²) in [6.45, 7) is 2.03. The molecule has 6 aromatic rings. The zero-order chi connectivity index (χ0) is 23.8. The lowest BCUT2D eigenvalue weighted by molar-refractivity contribution is 0.102. The van der Waals surface area contributed by atoms with Crippen molar-refractivity contribution in [2.24, 2.45) is 0 Å². The lowest BCUT2D eigenvalue weighted by Crippen LogP contribution is -2.11. The molecule has 0 unspecified atom stereocenters. The number of carbonyl (C=O) groups is 1. The van der Waals surface area contributed by atoms with Crippen LogP contribution in [0.1, 0.15) is 15.9 Å². The molecule has 3 heterocycles. The number of rotatable bonds is 5. The fraction of sp³-hybridized carbons (Fsp3) is 0.0370. The Morgan fingerprint density at radius 2 is 1.49 bits per heavy atom. The minimum Gasteiger partial charge on any atom is -0.416 e. The third kappa shape index (κ3) is 4.22. The zero-order valence-electron chi connectivity index (χ0n) is 18.7. The maximum Gasteiger partial charge on any atom is 0.255 e. The minimum atomic E-state index is -0.197. The van der Waals surface area contributed by atoms with Gasteiger partial charge in [0.15, 0.2) is 4.96 Å². The number of carbonyl (C=O) groups excluding carboxylic acids is 1. The standard InChI is InChI=1S/C27H19N5O2S/c1-17-2-4-20(5-3-17)25-30-31-26(34-25)21-8-6-19(7-9-21)24(33)28-22-12-10-18(11-13-22)23-16-32-14-15-35-27(32)29-23/h2-16H,1H3,(H,28,33). The van der Waals surface area contributed by atoms with E-state index in [0.29, 0.717) is 23.0 Å². The topological polar surface area (TPSA) is 85.3 Å². The van der Waals surface area contributed by atoms with Gasteiger partial charge in [0.05, 0.1) is 5.69 Å². The highest BCUT2D eigenvalue weighted by Gasteiger charge is 2.12. The fourth-order valence-electron chi connectivity index (χ4n) is 3.71. The number of imidazole rings is 1. The van der Waals surface area contributed by atoms with E-state index < -0.39 is 0 Å². The smallest absolute Gasteiger partial charge is 0.255 e. The SMILES string of the molecule is Cc1ccc(-c2nnc(-c3ccc(C(=O)Nc4ccc(-c5cn6ccsc6n5)cc4)cc3)o2)cc1. The van der Waals surface area contributed by atoms with E-state index in [0.717, 1.165) is 32.9 Å². The number of thiazole rings is 1. The molecule has 1 amide bonds. The van der Waals surface area contributed by atoms with Crippen LogP contribution in [-0.2, 0) is 0 Å². The number of aryl methyl sites for hydroxylation is 1. The van der Waals surface area contributed by atoms with Crippen LogP contribution in [0.4, 0.5) is 5.69 Å². The molecule has 0 atom stereocenters. The molecule has 8 heteroatoms. The van der Waals surface area contributed by atoms with Crippen LogP contribution in [-0.4, -0.2) is 25.5 Å². The normalized spacial score (nSPS) is 11.1. The van der Waals surface area contributed by atoms with Gasteiger partial charge in [0.25, 0.3) is 5.91 Å². The van der Waals surface area contributed by atoms with Crippen molar-refractivity contribution in [3.8, 4) is 34.2 Å². The van der Waals surface area contributed by atoms with E-state index >= 15 is 0 Å². The predicted octanol–water partition coefficient (Wildman–Crippen LogP) is 6.34. The molecule has 7 nitrogen and oxygen atoms in total. The van der Waals surface area contributed by atoms with E-state index in [9.17, 15) is 4.79 Å². The number of nitrogens with zero attached hydrogens (tertiary/aromatic N) is 4. The van der Waals surface area contributed by atoms with Crippen LogP contribution in [0.15, 0.2) is 95.0 Å². The van der Waals surface area contributed by atoms with Gasteiger partial charge in [-0.15, -0.1) is 21.5 Å². The molecule has 0 aliphatic heterocycles. The molecule has 0 radical (unpaired) electrons. The zero-order valence-corrected chi connectivity index (χ0v) is 19.5. The first-order chi connectivity index (χ1) is 17.1. The van der Waals surface area contributed by atoms with Gasteiger partial charge >= 0.3 is 0 Å². The van der Waals surface area contributed by atoms with Gasteiger partial charge in [-0.2, -0.15) is 0 Å². The Morgan fingerprint density at radius 3 is 2.14 bits per heavy atom. The lowest BCUT2D eigenvalue weighted by Gasteiger charge is -2.06. The highest BCUT2D eigenvalue weighted by Crippen LogP contribution is 2.26. The summed E-state index contributed by atoms with van der Waals surface area (Å²) < 4.78 is 7.82. The summed E-state index contributed by atoms with van der Waals surface area (Å²) >= 11 is 1.59. The van der Waals surface area contributed by atoms with Crippen LogP contribution < -0.4 is 5.32 Å². The highest BCUT2D eigenvalue weighted by molar-refractivity contribution is 7.15. The molecule has 0 fully saturated rings. The first kappa shape index (κ1) is 21.0. The molecule has 170 valence electrons. The second kappa shape index (κ2) is 8.66. The van der Waals surface area contributed by atoms with Crippen molar-refractivity contribution < 1.29 is 9.21 Å². The van der Waals surface area contributed by atoms with Crippen molar-refractivity contribution in [2.45, 2.75) is 6.92 Å². The number of hydrogen-bond acceptors (Lipinski definition) is 6. The number of aromatic nitrogens is 4. The minimum absolute atomic E-state index is 0.197. The number of anilines is 1. The largest absolute Gasteiger partial charge is 0.416 e. The summed E-state index contributed by atoms with van der Waals surface area (Å²) in [5.74, 6) is 0.667. The Labute approximate surface area is 204 Å². The van der Waals surface area contributed by atoms with E-state index in [1.807, 2.05) is 77.6 Å². The van der Waals surface area contributed by atoms with Gasteiger partial charge in [-0.05, 0) is 55.5 Å². The molecule has 35 heavy (non-hydrogen) atoms. The summed E-state index contributed by atoms with van der Waals surface area (Å²) in [4.78, 5) is 18.3. The molecule has 0 saturated carbocycles. The Kier molecular flexibility index (Phi) is 5.20. The van der Waals surface area contributed by atoms with Crippen molar-refractivity contribution in [1.82, 2.24) is 19.6 Å². The van der Waals surface area contributed by atoms with Crippen LogP contribution >= 0.6 is 11.3 Å². The molecule has 0 spiro atoms. The average molecular weight is 478 g/mol. The maximum absolute atomic E-state index is 12.7. The summed E-state index contributed by atoms with van der Waals surface area (Å²) in [6.07, 6.45) is 3.98.